The molecule has 2 N–H and O–H groups in total. The topological polar surface area (TPSA) is 257 Å². The molecule has 7 rings (SSSR count). The van der Waals surface area contributed by atoms with Crippen molar-refractivity contribution in [3.05, 3.63) is 78.8 Å². The Morgan fingerprint density at radius 2 is 1.70 bits per heavy atom. The molecule has 3 aliphatic rings. The standard InChI is InChI=1S/C56H79FN8O13S/c1-12-45-56(8)50(64(54(71)78-56)24-14-13-23-63-31-42(59-32-63)39-16-15-22-58-29-39)35(4)46(66)33(2)27-55(7,74-10)51(36(5)47(67)37(6)52(70)76-45)77-53-49(69)43(26-34(3)75-53)62(9)25-21-40-30-65(61-60-40)44(28-57)48(68)38-17-19-41(20-18-38)79(11,72)73/h15-20,22,29-37,43-45,48-51,53,68-69H,12-14,21,23-28H2,1-11H3/t33-,34-,35+,36+,37-,43+,44-,45-,48?,49-,50+,51-,53+,55-,56-/m1/s1. The number of aliphatic hydroxyl groups excluding tert-OH is 2. The molecule has 3 aliphatic heterocycles. The van der Waals surface area contributed by atoms with E-state index in [1.165, 1.54) is 49.2 Å². The molecule has 434 valence electrons. The number of pyridine rings is 1. The van der Waals surface area contributed by atoms with E-state index in [2.05, 4.69) is 20.3 Å². The fraction of sp³-hybridized carbons (Fsp3) is 0.643. The molecule has 3 saturated heterocycles. The van der Waals surface area contributed by atoms with E-state index in [1.807, 2.05) is 41.8 Å². The van der Waals surface area contributed by atoms with E-state index >= 15 is 0 Å². The molecule has 1 unspecified atom stereocenters. The number of nitrogens with zero attached hydrogens (tertiary/aromatic N) is 8. The van der Waals surface area contributed by atoms with Crippen molar-refractivity contribution in [3.63, 3.8) is 0 Å². The number of Topliss-reactive ketones (excluding diaryl/α,β-unsaturated/α-hetero) is 2. The lowest BCUT2D eigenvalue weighted by molar-refractivity contribution is -0.296. The largest absolute Gasteiger partial charge is 0.458 e. The Balaban J connectivity index is 1.07. The van der Waals surface area contributed by atoms with Crippen molar-refractivity contribution in [1.29, 1.82) is 0 Å². The summed E-state index contributed by atoms with van der Waals surface area (Å²) in [6.45, 7) is 13.9. The number of benzene rings is 1. The zero-order chi connectivity index (χ0) is 57.7. The Hall–Kier alpha value is -5.56. The number of sulfone groups is 1. The smallest absolute Gasteiger partial charge is 0.410 e. The summed E-state index contributed by atoms with van der Waals surface area (Å²) in [6.07, 6.45) is 4.63. The molecule has 0 aliphatic carbocycles. The Morgan fingerprint density at radius 1 is 0.987 bits per heavy atom. The molecular formula is C56H79FN8O13S. The summed E-state index contributed by atoms with van der Waals surface area (Å²) in [6, 6.07) is 6.78. The Bertz CT molecular complexity index is 2840. The number of likely N-dealkylation sites (N-methyl/N-ethyl adjacent to an activating group) is 1. The molecule has 23 heteroatoms. The first-order valence-corrected chi connectivity index (χ1v) is 29.1. The van der Waals surface area contributed by atoms with Crippen molar-refractivity contribution in [2.24, 2.45) is 23.7 Å². The highest BCUT2D eigenvalue weighted by atomic mass is 32.2. The summed E-state index contributed by atoms with van der Waals surface area (Å²) in [4.78, 5) is 70.2. The van der Waals surface area contributed by atoms with E-state index in [9.17, 15) is 42.2 Å². The highest BCUT2D eigenvalue weighted by molar-refractivity contribution is 7.90. The molecule has 0 saturated carbocycles. The second-order valence-electron chi connectivity index (χ2n) is 22.3. The number of imidazole rings is 1. The number of halogens is 1. The minimum Gasteiger partial charge on any atom is -0.458 e. The van der Waals surface area contributed by atoms with Crippen LogP contribution in [0.5, 0.6) is 0 Å². The fourth-order valence-electron chi connectivity index (χ4n) is 11.8. The van der Waals surface area contributed by atoms with Crippen molar-refractivity contribution >= 4 is 33.5 Å². The van der Waals surface area contributed by atoms with Gasteiger partial charge in [-0.2, -0.15) is 0 Å². The van der Waals surface area contributed by atoms with Crippen molar-refractivity contribution in [2.45, 2.75) is 171 Å². The highest BCUT2D eigenvalue weighted by Crippen LogP contribution is 2.43. The Labute approximate surface area is 462 Å². The third kappa shape index (κ3) is 13.5. The number of alkyl halides is 1. The van der Waals surface area contributed by atoms with Crippen LogP contribution in [0.3, 0.4) is 0 Å². The predicted octanol–water partition coefficient (Wildman–Crippen LogP) is 5.78. The number of carbonyl (C=O) groups is 4. The lowest BCUT2D eigenvalue weighted by Gasteiger charge is -2.47. The molecule has 79 heavy (non-hydrogen) atoms. The van der Waals surface area contributed by atoms with Gasteiger partial charge in [-0.1, -0.05) is 45.0 Å². The molecule has 4 aromatic rings. The number of amides is 1. The second kappa shape index (κ2) is 25.5. The summed E-state index contributed by atoms with van der Waals surface area (Å²) < 4.78 is 73.4. The van der Waals surface area contributed by atoms with Crippen molar-refractivity contribution in [3.8, 4) is 11.3 Å². The zero-order valence-corrected chi connectivity index (χ0v) is 48.0. The monoisotopic (exact) mass is 1120 g/mol. The molecule has 6 heterocycles. The van der Waals surface area contributed by atoms with Crippen LogP contribution >= 0.6 is 0 Å². The summed E-state index contributed by atoms with van der Waals surface area (Å²) in [5.41, 5.74) is -0.411. The number of hydrogen-bond acceptors (Lipinski definition) is 18. The van der Waals surface area contributed by atoms with Gasteiger partial charge in [0.15, 0.2) is 27.5 Å². The summed E-state index contributed by atoms with van der Waals surface area (Å²) in [5, 5.41) is 31.6. The molecule has 3 fully saturated rings. The van der Waals surface area contributed by atoms with Crippen LogP contribution in [0, 0.1) is 23.7 Å². The van der Waals surface area contributed by atoms with Crippen LogP contribution in [0.1, 0.15) is 111 Å². The van der Waals surface area contributed by atoms with Gasteiger partial charge in [0.25, 0.3) is 0 Å². The Morgan fingerprint density at radius 3 is 2.34 bits per heavy atom. The van der Waals surface area contributed by atoms with Gasteiger partial charge in [-0.3, -0.25) is 19.4 Å². The summed E-state index contributed by atoms with van der Waals surface area (Å²) in [7, 11) is -0.209. The zero-order valence-electron chi connectivity index (χ0n) is 47.2. The molecule has 0 radical (unpaired) electrons. The van der Waals surface area contributed by atoms with E-state index in [0.29, 0.717) is 50.0 Å². The number of unbranched alkanes of at least 4 members (excludes halogenated alkanes) is 1. The number of hydrogen-bond donors (Lipinski definition) is 2. The average molecular weight is 1120 g/mol. The molecule has 0 spiro atoms. The third-order valence-corrected chi connectivity index (χ3v) is 17.6. The van der Waals surface area contributed by atoms with Gasteiger partial charge in [-0.25, -0.2) is 27.3 Å². The van der Waals surface area contributed by atoms with Crippen LogP contribution in [0.15, 0.2) is 72.4 Å². The fourth-order valence-corrected chi connectivity index (χ4v) is 12.5. The predicted molar refractivity (Wildman–Crippen MR) is 286 cm³/mol. The molecule has 0 bridgehead atoms. The van der Waals surface area contributed by atoms with Gasteiger partial charge in [0, 0.05) is 93.6 Å². The van der Waals surface area contributed by atoms with Gasteiger partial charge in [-0.05, 0) is 96.7 Å². The minimum absolute atomic E-state index is 0.0350. The van der Waals surface area contributed by atoms with E-state index in [1.54, 1.807) is 65.2 Å². The minimum atomic E-state index is -3.48. The number of ether oxygens (including phenoxy) is 5. The molecule has 21 nitrogen and oxygen atoms in total. The number of carbonyl (C=O) groups excluding carboxylic acids is 4. The van der Waals surface area contributed by atoms with E-state index < -0.39 is 124 Å². The quantitative estimate of drug-likeness (QED) is 0.0641. The molecular weight excluding hydrogens is 1040 g/mol. The SMILES string of the molecule is CC[C@H]1OC(=O)[C@H](C)C(=O)[C@H](C)[C@@H](O[C@@H]2O[C@H](C)C[C@H](N(C)CCc3cn([C@H](CF)C(O)c4ccc(S(C)(=O)=O)cc4)nn3)[C@H]2O)[C@](C)(OC)C[C@@H](C)C(=O)[C@H](C)[C@@H]2N(CCCCn3cnc(-c4cccnc4)c3)C(=O)O[C@@]21C. The first-order valence-electron chi connectivity index (χ1n) is 27.2. The van der Waals surface area contributed by atoms with Gasteiger partial charge >= 0.3 is 12.1 Å². The summed E-state index contributed by atoms with van der Waals surface area (Å²) >= 11 is 0. The number of aromatic nitrogens is 6. The van der Waals surface area contributed by atoms with Gasteiger partial charge in [0.05, 0.1) is 46.5 Å². The van der Waals surface area contributed by atoms with Crippen LogP contribution in [-0.4, -0.2) is 176 Å². The number of aryl methyl sites for hydroxylation is 1. The lowest BCUT2D eigenvalue weighted by atomic mass is 9.73. The van der Waals surface area contributed by atoms with Crippen LogP contribution in [0.2, 0.25) is 0 Å². The van der Waals surface area contributed by atoms with Crippen molar-refractivity contribution in [2.75, 3.05) is 40.2 Å². The van der Waals surface area contributed by atoms with Gasteiger partial charge in [-0.15, -0.1) is 5.10 Å². The number of cyclic esters (lactones) is 1. The van der Waals surface area contributed by atoms with Gasteiger partial charge in [0.1, 0.15) is 42.7 Å². The number of fused-ring (bicyclic) bond motifs is 1. The number of ketones is 2. The molecule has 15 atom stereocenters. The molecule has 1 aromatic carbocycles. The van der Waals surface area contributed by atoms with Crippen LogP contribution in [-0.2, 0) is 60.9 Å². The Kier molecular flexibility index (Phi) is 19.7. The third-order valence-electron chi connectivity index (χ3n) is 16.5. The maximum atomic E-state index is 15.0. The maximum absolute atomic E-state index is 15.0. The van der Waals surface area contributed by atoms with Crippen LogP contribution in [0.4, 0.5) is 9.18 Å². The van der Waals surface area contributed by atoms with E-state index in [0.717, 1.165) is 17.5 Å². The van der Waals surface area contributed by atoms with Gasteiger partial charge in [0.2, 0.25) is 0 Å². The number of rotatable bonds is 19. The van der Waals surface area contributed by atoms with Crippen LogP contribution < -0.4 is 0 Å². The number of aliphatic hydroxyl groups is 2. The van der Waals surface area contributed by atoms with Crippen molar-refractivity contribution in [1.82, 2.24) is 39.3 Å². The average Bonchev–Trinajstić information content (AvgIpc) is 4.35. The first-order chi connectivity index (χ1) is 37.3. The lowest BCUT2D eigenvalue weighted by Crippen LogP contribution is -2.60. The number of methoxy groups -OCH3 is 1. The molecule has 3 aromatic heterocycles. The van der Waals surface area contributed by atoms with E-state index in [4.69, 9.17) is 23.7 Å². The second-order valence-corrected chi connectivity index (χ2v) is 24.3. The van der Waals surface area contributed by atoms with Gasteiger partial charge < -0.3 is 48.3 Å². The van der Waals surface area contributed by atoms with Crippen molar-refractivity contribution < 1.29 is 65.9 Å². The first kappa shape index (κ1) is 61.1. The van der Waals surface area contributed by atoms with Crippen LogP contribution in [0.25, 0.3) is 11.3 Å². The number of esters is 1. The van der Waals surface area contributed by atoms with E-state index in [-0.39, 0.29) is 30.1 Å². The maximum Gasteiger partial charge on any atom is 0.410 e. The summed E-state index contributed by atoms with van der Waals surface area (Å²) in [5.74, 6) is -5.56. The normalized spacial score (nSPS) is 31.1. The molecule has 1 amide bonds. The highest BCUT2D eigenvalue weighted by Gasteiger charge is 2.60.